The summed E-state index contributed by atoms with van der Waals surface area (Å²) in [6, 6.07) is 13.3. The lowest BCUT2D eigenvalue weighted by Crippen LogP contribution is -2.49. The third-order valence-electron chi connectivity index (χ3n) is 4.38. The number of halogens is 2. The molecular formula is C20H22Cl2N2O2S. The van der Waals surface area contributed by atoms with E-state index in [-0.39, 0.29) is 5.91 Å². The quantitative estimate of drug-likeness (QED) is 0.621. The Morgan fingerprint density at radius 1 is 1.11 bits per heavy atom. The number of thioether (sulfide) groups is 1. The van der Waals surface area contributed by atoms with E-state index in [4.69, 9.17) is 27.9 Å². The molecule has 1 aliphatic heterocycles. The topological polar surface area (TPSA) is 32.8 Å². The zero-order chi connectivity index (χ0) is 19.2. The summed E-state index contributed by atoms with van der Waals surface area (Å²) in [5, 5.41) is 1.24. The molecule has 0 aromatic heterocycles. The van der Waals surface area contributed by atoms with Gasteiger partial charge in [-0.25, -0.2) is 0 Å². The first-order chi connectivity index (χ1) is 13.1. The van der Waals surface area contributed by atoms with Crippen LogP contribution in [0.3, 0.4) is 0 Å². The van der Waals surface area contributed by atoms with Crippen molar-refractivity contribution in [3.63, 3.8) is 0 Å². The summed E-state index contributed by atoms with van der Waals surface area (Å²) in [4.78, 5) is 17.6. The van der Waals surface area contributed by atoms with Crippen molar-refractivity contribution in [2.75, 3.05) is 43.4 Å². The number of piperazine rings is 1. The van der Waals surface area contributed by atoms with E-state index < -0.39 is 0 Å². The number of carbonyl (C=O) groups is 1. The lowest BCUT2D eigenvalue weighted by molar-refractivity contribution is -0.128. The number of para-hydroxylation sites is 2. The van der Waals surface area contributed by atoms with E-state index in [1.54, 1.807) is 18.2 Å². The van der Waals surface area contributed by atoms with E-state index in [9.17, 15) is 4.79 Å². The third kappa shape index (κ3) is 5.24. The van der Waals surface area contributed by atoms with Crippen LogP contribution in [0.1, 0.15) is 6.92 Å². The van der Waals surface area contributed by atoms with E-state index in [2.05, 4.69) is 11.0 Å². The maximum absolute atomic E-state index is 12.6. The minimum atomic E-state index is 0.119. The fourth-order valence-electron chi connectivity index (χ4n) is 3.01. The van der Waals surface area contributed by atoms with Crippen LogP contribution in [-0.4, -0.2) is 49.3 Å². The monoisotopic (exact) mass is 424 g/mol. The summed E-state index contributed by atoms with van der Waals surface area (Å²) >= 11 is 13.6. The average molecular weight is 425 g/mol. The number of nitrogens with zero attached hydrogens (tertiary/aromatic N) is 2. The molecule has 0 radical (unpaired) electrons. The van der Waals surface area contributed by atoms with Gasteiger partial charge in [-0.15, -0.1) is 11.8 Å². The van der Waals surface area contributed by atoms with Crippen molar-refractivity contribution in [2.24, 2.45) is 0 Å². The highest BCUT2D eigenvalue weighted by Crippen LogP contribution is 2.31. The second kappa shape index (κ2) is 9.58. The van der Waals surface area contributed by atoms with Crippen LogP contribution >= 0.6 is 35.0 Å². The van der Waals surface area contributed by atoms with Crippen molar-refractivity contribution in [2.45, 2.75) is 11.8 Å². The summed E-state index contributed by atoms with van der Waals surface area (Å²) in [5.41, 5.74) is 1.09. The molecule has 27 heavy (non-hydrogen) atoms. The Labute approximate surface area is 174 Å². The van der Waals surface area contributed by atoms with E-state index in [0.29, 0.717) is 35.5 Å². The van der Waals surface area contributed by atoms with Gasteiger partial charge < -0.3 is 14.5 Å². The predicted molar refractivity (Wildman–Crippen MR) is 114 cm³/mol. The molecule has 2 aromatic carbocycles. The van der Waals surface area contributed by atoms with Gasteiger partial charge in [-0.05, 0) is 37.3 Å². The molecule has 0 spiro atoms. The minimum Gasteiger partial charge on any atom is -0.492 e. The van der Waals surface area contributed by atoms with Gasteiger partial charge in [-0.3, -0.25) is 4.79 Å². The van der Waals surface area contributed by atoms with Crippen molar-refractivity contribution < 1.29 is 9.53 Å². The molecule has 2 aromatic rings. The van der Waals surface area contributed by atoms with Crippen LogP contribution in [0.5, 0.6) is 5.75 Å². The summed E-state index contributed by atoms with van der Waals surface area (Å²) in [6.45, 7) is 5.60. The van der Waals surface area contributed by atoms with Gasteiger partial charge in [0, 0.05) is 36.1 Å². The standard InChI is InChI=1S/C20H22Cl2N2O2S/c1-2-26-18-6-4-3-5-17(18)23-9-11-24(12-10-23)20(25)14-27-19-13-15(21)7-8-16(19)22/h3-8,13H,2,9-12,14H2,1H3. The summed E-state index contributed by atoms with van der Waals surface area (Å²) < 4.78 is 5.72. The number of carbonyl (C=O) groups excluding carboxylic acids is 1. The van der Waals surface area contributed by atoms with Crippen LogP contribution in [0.2, 0.25) is 10.0 Å². The molecule has 144 valence electrons. The molecule has 0 atom stereocenters. The van der Waals surface area contributed by atoms with Crippen molar-refractivity contribution in [3.05, 3.63) is 52.5 Å². The molecule has 3 rings (SSSR count). The number of hydrogen-bond donors (Lipinski definition) is 0. The molecule has 1 heterocycles. The maximum Gasteiger partial charge on any atom is 0.233 e. The molecule has 1 fully saturated rings. The Balaban J connectivity index is 1.54. The van der Waals surface area contributed by atoms with Crippen molar-refractivity contribution in [3.8, 4) is 5.75 Å². The average Bonchev–Trinajstić information content (AvgIpc) is 2.69. The van der Waals surface area contributed by atoms with Crippen molar-refractivity contribution in [1.29, 1.82) is 0 Å². The predicted octanol–water partition coefficient (Wildman–Crippen LogP) is 4.83. The van der Waals surface area contributed by atoms with Crippen LogP contribution in [0.15, 0.2) is 47.4 Å². The molecule has 1 amide bonds. The van der Waals surface area contributed by atoms with Crippen LogP contribution in [-0.2, 0) is 4.79 Å². The number of anilines is 1. The number of ether oxygens (including phenoxy) is 1. The largest absolute Gasteiger partial charge is 0.492 e. The van der Waals surface area contributed by atoms with Gasteiger partial charge in [-0.2, -0.15) is 0 Å². The molecule has 0 aliphatic carbocycles. The molecule has 4 nitrogen and oxygen atoms in total. The SMILES string of the molecule is CCOc1ccccc1N1CCN(C(=O)CSc2cc(Cl)ccc2Cl)CC1. The van der Waals surface area contributed by atoms with Gasteiger partial charge >= 0.3 is 0 Å². The number of amides is 1. The Bertz CT molecular complexity index is 795. The van der Waals surface area contributed by atoms with E-state index in [0.717, 1.165) is 29.4 Å². The first kappa shape index (κ1) is 20.2. The Morgan fingerprint density at radius 3 is 2.59 bits per heavy atom. The fourth-order valence-corrected chi connectivity index (χ4v) is 4.41. The first-order valence-corrected chi connectivity index (χ1v) is 10.6. The smallest absolute Gasteiger partial charge is 0.233 e. The zero-order valence-electron chi connectivity index (χ0n) is 15.2. The van der Waals surface area contributed by atoms with Crippen LogP contribution in [0, 0.1) is 0 Å². The lowest BCUT2D eigenvalue weighted by atomic mass is 10.2. The highest BCUT2D eigenvalue weighted by molar-refractivity contribution is 8.00. The molecule has 1 saturated heterocycles. The van der Waals surface area contributed by atoms with Crippen molar-refractivity contribution >= 4 is 46.6 Å². The summed E-state index contributed by atoms with van der Waals surface area (Å²) in [5.74, 6) is 1.37. The summed E-state index contributed by atoms with van der Waals surface area (Å²) in [7, 11) is 0. The van der Waals surface area contributed by atoms with Crippen LogP contribution < -0.4 is 9.64 Å². The highest BCUT2D eigenvalue weighted by Gasteiger charge is 2.23. The molecule has 0 saturated carbocycles. The van der Waals surface area contributed by atoms with Crippen LogP contribution in [0.4, 0.5) is 5.69 Å². The number of hydrogen-bond acceptors (Lipinski definition) is 4. The van der Waals surface area contributed by atoms with E-state index in [1.807, 2.05) is 30.0 Å². The third-order valence-corrected chi connectivity index (χ3v) is 6.10. The Morgan fingerprint density at radius 2 is 1.85 bits per heavy atom. The molecular weight excluding hydrogens is 403 g/mol. The van der Waals surface area contributed by atoms with E-state index in [1.165, 1.54) is 11.8 Å². The van der Waals surface area contributed by atoms with Gasteiger partial charge in [0.05, 0.1) is 23.1 Å². The second-order valence-corrected chi connectivity index (χ2v) is 7.99. The minimum absolute atomic E-state index is 0.119. The molecule has 0 bridgehead atoms. The van der Waals surface area contributed by atoms with Gasteiger partial charge in [0.25, 0.3) is 0 Å². The van der Waals surface area contributed by atoms with Crippen molar-refractivity contribution in [1.82, 2.24) is 4.90 Å². The normalized spacial score (nSPS) is 14.3. The molecule has 0 N–H and O–H groups in total. The maximum atomic E-state index is 12.6. The van der Waals surface area contributed by atoms with Gasteiger partial charge in [0.1, 0.15) is 5.75 Å². The fraction of sp³-hybridized carbons (Fsp3) is 0.350. The molecule has 0 unspecified atom stereocenters. The van der Waals surface area contributed by atoms with Crippen LogP contribution in [0.25, 0.3) is 0 Å². The number of rotatable bonds is 6. The van der Waals surface area contributed by atoms with Gasteiger partial charge in [0.15, 0.2) is 0 Å². The zero-order valence-corrected chi connectivity index (χ0v) is 17.5. The van der Waals surface area contributed by atoms with Gasteiger partial charge in [0.2, 0.25) is 5.91 Å². The second-order valence-electron chi connectivity index (χ2n) is 6.13. The Kier molecular flexibility index (Phi) is 7.16. The van der Waals surface area contributed by atoms with Gasteiger partial charge in [-0.1, -0.05) is 35.3 Å². The molecule has 1 aliphatic rings. The van der Waals surface area contributed by atoms with E-state index >= 15 is 0 Å². The number of benzene rings is 2. The summed E-state index contributed by atoms with van der Waals surface area (Å²) in [6.07, 6.45) is 0. The molecule has 7 heteroatoms. The lowest BCUT2D eigenvalue weighted by Gasteiger charge is -2.36. The first-order valence-electron chi connectivity index (χ1n) is 8.91. The highest BCUT2D eigenvalue weighted by atomic mass is 35.5. The Hall–Kier alpha value is -1.56.